The lowest BCUT2D eigenvalue weighted by Crippen LogP contribution is -2.05. The van der Waals surface area contributed by atoms with Crippen molar-refractivity contribution in [2.24, 2.45) is 5.16 Å². The highest BCUT2D eigenvalue weighted by Gasteiger charge is 2.11. The van der Waals surface area contributed by atoms with E-state index in [4.69, 9.17) is 10.5 Å². The van der Waals surface area contributed by atoms with E-state index >= 15 is 0 Å². The van der Waals surface area contributed by atoms with Crippen LogP contribution in [0.3, 0.4) is 0 Å². The van der Waals surface area contributed by atoms with E-state index in [-0.39, 0.29) is 12.3 Å². The number of nitriles is 2. The average molecular weight is 276 g/mol. The maximum atomic E-state index is 11.8. The van der Waals surface area contributed by atoms with Crippen LogP contribution in [0.4, 0.5) is 0 Å². The maximum Gasteiger partial charge on any atom is 0.202 e. The second kappa shape index (κ2) is 7.24. The Kier molecular flexibility index (Phi) is 5.65. The van der Waals surface area contributed by atoms with E-state index in [0.717, 1.165) is 0 Å². The number of aromatic nitrogens is 1. The molecule has 1 aromatic heterocycles. The molecule has 0 aromatic carbocycles. The van der Waals surface area contributed by atoms with Crippen LogP contribution in [0.2, 0.25) is 0 Å². The van der Waals surface area contributed by atoms with Gasteiger partial charge in [0.2, 0.25) is 6.61 Å². The molecule has 0 bridgehead atoms. The van der Waals surface area contributed by atoms with Crippen molar-refractivity contribution in [2.75, 3.05) is 12.4 Å². The number of rotatable bonds is 5. The third-order valence-corrected chi connectivity index (χ3v) is 3.64. The fourth-order valence-corrected chi connectivity index (χ4v) is 2.24. The predicted octanol–water partition coefficient (Wildman–Crippen LogP) is 1.29. The van der Waals surface area contributed by atoms with Gasteiger partial charge in [-0.15, -0.1) is 0 Å². The van der Waals surface area contributed by atoms with Gasteiger partial charge in [0.15, 0.2) is 5.71 Å². The Balaban J connectivity index is 3.14. The Hall–Kier alpha value is -2.25. The topological polar surface area (TPSA) is 99.1 Å². The fourth-order valence-electron chi connectivity index (χ4n) is 1.29. The van der Waals surface area contributed by atoms with Crippen LogP contribution in [0, 0.1) is 29.6 Å². The highest BCUT2D eigenvalue weighted by molar-refractivity contribution is 7.85. The second-order valence-electron chi connectivity index (χ2n) is 3.42. The van der Waals surface area contributed by atoms with Gasteiger partial charge in [-0.3, -0.25) is 9.19 Å². The van der Waals surface area contributed by atoms with Crippen LogP contribution in [0.25, 0.3) is 0 Å². The molecule has 0 aliphatic rings. The van der Waals surface area contributed by atoms with Crippen molar-refractivity contribution < 1.29 is 9.05 Å². The molecule has 19 heavy (non-hydrogen) atoms. The number of hydrogen-bond donors (Lipinski definition) is 0. The van der Waals surface area contributed by atoms with Crippen LogP contribution in [-0.2, 0) is 15.6 Å². The van der Waals surface area contributed by atoms with Crippen molar-refractivity contribution in [3.05, 3.63) is 23.5 Å². The fraction of sp³-hybridized carbons (Fsp3) is 0.333. The number of hydrogen-bond acceptors (Lipinski definition) is 6. The number of oxime groups is 1. The molecule has 6 nitrogen and oxygen atoms in total. The number of aryl methyl sites for hydroxylation is 1. The highest BCUT2D eigenvalue weighted by Crippen LogP contribution is 2.14. The Bertz CT molecular complexity index is 599. The van der Waals surface area contributed by atoms with Crippen molar-refractivity contribution in [3.63, 3.8) is 0 Å². The third-order valence-electron chi connectivity index (χ3n) is 2.21. The summed E-state index contributed by atoms with van der Waals surface area (Å²) >= 11 is 0. The van der Waals surface area contributed by atoms with Crippen molar-refractivity contribution in [1.29, 1.82) is 10.5 Å². The first-order chi connectivity index (χ1) is 9.13. The largest absolute Gasteiger partial charge is 0.379 e. The van der Waals surface area contributed by atoms with E-state index in [2.05, 4.69) is 15.0 Å². The van der Waals surface area contributed by atoms with Gasteiger partial charge in [0.1, 0.15) is 12.1 Å². The first-order valence-electron chi connectivity index (χ1n) is 5.46. The van der Waals surface area contributed by atoms with Crippen LogP contribution < -0.4 is 0 Å². The first kappa shape index (κ1) is 14.8. The molecule has 0 aliphatic heterocycles. The Labute approximate surface area is 113 Å². The van der Waals surface area contributed by atoms with Gasteiger partial charge < -0.3 is 4.84 Å². The predicted molar refractivity (Wildman–Crippen MR) is 69.6 cm³/mol. The minimum Gasteiger partial charge on any atom is -0.379 e. The highest BCUT2D eigenvalue weighted by atomic mass is 32.2. The van der Waals surface area contributed by atoms with Gasteiger partial charge in [-0.1, -0.05) is 12.1 Å². The lowest BCUT2D eigenvalue weighted by molar-refractivity contribution is 0.179. The van der Waals surface area contributed by atoms with Crippen LogP contribution in [-0.4, -0.2) is 27.3 Å². The molecule has 1 rings (SSSR count). The van der Waals surface area contributed by atoms with E-state index in [9.17, 15) is 4.21 Å². The lowest BCUT2D eigenvalue weighted by atomic mass is 10.2. The maximum absolute atomic E-state index is 11.8. The molecule has 0 fully saturated rings. The summed E-state index contributed by atoms with van der Waals surface area (Å²) in [4.78, 5) is 9.32. The van der Waals surface area contributed by atoms with Gasteiger partial charge in [-0.05, 0) is 13.0 Å². The van der Waals surface area contributed by atoms with E-state index in [0.29, 0.717) is 21.9 Å². The van der Waals surface area contributed by atoms with Crippen molar-refractivity contribution in [2.45, 2.75) is 18.7 Å². The molecule has 0 spiro atoms. The summed E-state index contributed by atoms with van der Waals surface area (Å²) in [6.45, 7) is 3.32. The molecular weight excluding hydrogens is 264 g/mol. The molecule has 0 aliphatic carbocycles. The second-order valence-corrected chi connectivity index (χ2v) is 5.13. The molecule has 0 amide bonds. The molecule has 98 valence electrons. The van der Waals surface area contributed by atoms with E-state index < -0.39 is 10.8 Å². The molecule has 1 unspecified atom stereocenters. The van der Waals surface area contributed by atoms with Gasteiger partial charge in [-0.25, -0.2) is 0 Å². The SMILES string of the molecule is CCS(=O)c1cc(/C(C#N)=N/OCC#N)cnc1C. The third kappa shape index (κ3) is 3.87. The molecular formula is C12H12N4O2S. The van der Waals surface area contributed by atoms with E-state index in [1.54, 1.807) is 26.0 Å². The quantitative estimate of drug-likeness (QED) is 0.458. The van der Waals surface area contributed by atoms with Gasteiger partial charge >= 0.3 is 0 Å². The van der Waals surface area contributed by atoms with Gasteiger partial charge in [-0.2, -0.15) is 10.5 Å². The van der Waals surface area contributed by atoms with Crippen LogP contribution >= 0.6 is 0 Å². The summed E-state index contributed by atoms with van der Waals surface area (Å²) in [5.74, 6) is 0.468. The van der Waals surface area contributed by atoms with Crippen LogP contribution in [0.15, 0.2) is 22.3 Å². The number of pyridine rings is 1. The minimum absolute atomic E-state index is 0.00268. The van der Waals surface area contributed by atoms with E-state index in [1.165, 1.54) is 6.20 Å². The van der Waals surface area contributed by atoms with Gasteiger partial charge in [0.25, 0.3) is 0 Å². The van der Waals surface area contributed by atoms with Gasteiger partial charge in [0.05, 0.1) is 21.4 Å². The summed E-state index contributed by atoms with van der Waals surface area (Å²) < 4.78 is 11.8. The molecule has 0 radical (unpaired) electrons. The molecule has 7 heteroatoms. The lowest BCUT2D eigenvalue weighted by Gasteiger charge is -2.05. The van der Waals surface area contributed by atoms with Gasteiger partial charge in [0, 0.05) is 17.5 Å². The zero-order valence-corrected chi connectivity index (χ0v) is 11.4. The molecule has 0 saturated carbocycles. The van der Waals surface area contributed by atoms with Crippen molar-refractivity contribution in [3.8, 4) is 12.1 Å². The zero-order valence-electron chi connectivity index (χ0n) is 10.6. The monoisotopic (exact) mass is 276 g/mol. The van der Waals surface area contributed by atoms with Crippen molar-refractivity contribution in [1.82, 2.24) is 4.98 Å². The Morgan fingerprint density at radius 3 is 2.89 bits per heavy atom. The van der Waals surface area contributed by atoms with Crippen molar-refractivity contribution >= 4 is 16.5 Å². The Morgan fingerprint density at radius 1 is 1.58 bits per heavy atom. The minimum atomic E-state index is -1.16. The molecule has 0 saturated heterocycles. The van der Waals surface area contributed by atoms with Crippen LogP contribution in [0.1, 0.15) is 18.2 Å². The Morgan fingerprint density at radius 2 is 2.32 bits per heavy atom. The summed E-state index contributed by atoms with van der Waals surface area (Å²) in [6, 6.07) is 5.21. The smallest absolute Gasteiger partial charge is 0.202 e. The molecule has 0 N–H and O–H groups in total. The summed E-state index contributed by atoms with van der Waals surface area (Å²) in [5.41, 5.74) is 1.07. The zero-order chi connectivity index (χ0) is 14.3. The summed E-state index contributed by atoms with van der Waals surface area (Å²) in [6.07, 6.45) is 1.46. The average Bonchev–Trinajstić information content (AvgIpc) is 2.44. The van der Waals surface area contributed by atoms with E-state index in [1.807, 2.05) is 6.07 Å². The molecule has 1 atom stereocenters. The molecule has 1 heterocycles. The first-order valence-corrected chi connectivity index (χ1v) is 6.78. The summed E-state index contributed by atoms with van der Waals surface area (Å²) in [5, 5.41) is 20.9. The molecule has 1 aromatic rings. The number of nitrogens with zero attached hydrogens (tertiary/aromatic N) is 4. The normalized spacial score (nSPS) is 12.3. The standard InChI is InChI=1S/C12H12N4O2S/c1-3-19(17)12-6-10(8-15-9(12)2)11(7-14)16-18-5-4-13/h6,8H,3,5H2,1-2H3/b16-11+. The van der Waals surface area contributed by atoms with Crippen LogP contribution in [0.5, 0.6) is 0 Å². The summed E-state index contributed by atoms with van der Waals surface area (Å²) in [7, 11) is -1.16.